The maximum absolute atomic E-state index is 11.6. The molecule has 0 aliphatic carbocycles. The van der Waals surface area contributed by atoms with Gasteiger partial charge in [0.05, 0.1) is 12.2 Å². The van der Waals surface area contributed by atoms with Crippen molar-refractivity contribution in [3.8, 4) is 0 Å². The lowest BCUT2D eigenvalue weighted by molar-refractivity contribution is -0.176. The van der Waals surface area contributed by atoms with E-state index in [0.29, 0.717) is 30.9 Å². The van der Waals surface area contributed by atoms with Gasteiger partial charge in [-0.15, -0.1) is 0 Å². The van der Waals surface area contributed by atoms with Gasteiger partial charge in [-0.1, -0.05) is 12.1 Å². The van der Waals surface area contributed by atoms with Crippen LogP contribution in [0.1, 0.15) is 36.7 Å². The van der Waals surface area contributed by atoms with Crippen LogP contribution in [0.5, 0.6) is 0 Å². The molecule has 0 radical (unpaired) electrons. The molecule has 0 heterocycles. The predicted octanol–water partition coefficient (Wildman–Crippen LogP) is 3.34. The molecule has 0 amide bonds. The summed E-state index contributed by atoms with van der Waals surface area (Å²) >= 11 is 0. The van der Waals surface area contributed by atoms with E-state index in [9.17, 15) is 9.36 Å². The smallest absolute Gasteiger partial charge is 0.338 e. The van der Waals surface area contributed by atoms with E-state index in [-0.39, 0.29) is 8.46 Å². The van der Waals surface area contributed by atoms with Crippen molar-refractivity contribution >= 4 is 14.4 Å². The van der Waals surface area contributed by atoms with E-state index in [1.807, 2.05) is 0 Å². The fourth-order valence-electron chi connectivity index (χ4n) is 1.74. The van der Waals surface area contributed by atoms with E-state index < -0.39 is 11.5 Å². The van der Waals surface area contributed by atoms with Gasteiger partial charge in [0, 0.05) is 18.8 Å². The Morgan fingerprint density at radius 2 is 1.60 bits per heavy atom. The topological polar surface area (TPSA) is 61.8 Å². The van der Waals surface area contributed by atoms with Gasteiger partial charge in [-0.3, -0.25) is 4.57 Å². The van der Waals surface area contributed by atoms with E-state index in [1.54, 1.807) is 45.0 Å². The molecule has 20 heavy (non-hydrogen) atoms. The summed E-state index contributed by atoms with van der Waals surface area (Å²) in [6.07, 6.45) is 0. The average molecular weight is 298 g/mol. The zero-order valence-corrected chi connectivity index (χ0v) is 12.8. The zero-order valence-electron chi connectivity index (χ0n) is 11.9. The summed E-state index contributed by atoms with van der Waals surface area (Å²) in [5.74, 6) is -0.392. The van der Waals surface area contributed by atoms with Gasteiger partial charge in [0.15, 0.2) is 0 Å². The lowest BCUT2D eigenvalue weighted by atomic mass is 10.1. The zero-order chi connectivity index (χ0) is 15.0. The summed E-state index contributed by atoms with van der Waals surface area (Å²) in [7, 11) is -0.288. The van der Waals surface area contributed by atoms with Gasteiger partial charge in [0.2, 0.25) is 8.46 Å². The lowest BCUT2D eigenvalue weighted by Crippen LogP contribution is -2.27. The normalized spacial score (nSPS) is 11.6. The third-order valence-electron chi connectivity index (χ3n) is 2.56. The van der Waals surface area contributed by atoms with Gasteiger partial charge in [-0.2, -0.15) is 0 Å². The first kappa shape index (κ1) is 16.8. The molecule has 0 aliphatic heterocycles. The van der Waals surface area contributed by atoms with Gasteiger partial charge in [0.1, 0.15) is 0 Å². The molecule has 6 heteroatoms. The first-order valence-electron chi connectivity index (χ1n) is 6.53. The van der Waals surface area contributed by atoms with Crippen molar-refractivity contribution in [3.05, 3.63) is 35.4 Å². The summed E-state index contributed by atoms with van der Waals surface area (Å²) in [4.78, 5) is 11.6. The van der Waals surface area contributed by atoms with Crippen molar-refractivity contribution in [1.29, 1.82) is 0 Å². The molecular formula is C14H19O5P. The molecule has 5 nitrogen and oxygen atoms in total. The second-order valence-electron chi connectivity index (χ2n) is 3.84. The van der Waals surface area contributed by atoms with Crippen molar-refractivity contribution in [1.82, 2.24) is 0 Å². The number of hydrogen-bond acceptors (Lipinski definition) is 5. The molecule has 1 aromatic carbocycles. The molecule has 0 bridgehead atoms. The first-order chi connectivity index (χ1) is 9.63. The molecule has 110 valence electrons. The van der Waals surface area contributed by atoms with Crippen molar-refractivity contribution in [2.24, 2.45) is 0 Å². The van der Waals surface area contributed by atoms with Gasteiger partial charge in [0.25, 0.3) is 5.53 Å². The van der Waals surface area contributed by atoms with Gasteiger partial charge in [-0.25, -0.2) is 4.79 Å². The van der Waals surface area contributed by atoms with Crippen molar-refractivity contribution in [2.75, 3.05) is 19.8 Å². The minimum atomic E-state index is -1.32. The van der Waals surface area contributed by atoms with Crippen molar-refractivity contribution in [3.63, 3.8) is 0 Å². The molecule has 0 N–H and O–H groups in total. The number of rotatable bonds is 8. The van der Waals surface area contributed by atoms with Crippen LogP contribution in [-0.4, -0.2) is 25.8 Å². The maximum atomic E-state index is 11.6. The Bertz CT molecular complexity index is 437. The average Bonchev–Trinajstić information content (AvgIpc) is 2.47. The van der Waals surface area contributed by atoms with E-state index in [4.69, 9.17) is 14.2 Å². The third-order valence-corrected chi connectivity index (χ3v) is 3.32. The molecule has 0 atom stereocenters. The number of ether oxygens (including phenoxy) is 3. The second-order valence-corrected chi connectivity index (χ2v) is 4.61. The largest absolute Gasteiger partial charge is 0.462 e. The summed E-state index contributed by atoms with van der Waals surface area (Å²) in [6.45, 7) is 6.38. The van der Waals surface area contributed by atoms with E-state index in [0.717, 1.165) is 0 Å². The Hall–Kier alpha value is -1.29. The van der Waals surface area contributed by atoms with Gasteiger partial charge in [-0.05, 0) is 32.9 Å². The molecule has 0 unspecified atom stereocenters. The number of carbonyl (C=O) groups excluding carboxylic acids is 1. The highest BCUT2D eigenvalue weighted by atomic mass is 31.1. The Morgan fingerprint density at radius 1 is 1.05 bits per heavy atom. The van der Waals surface area contributed by atoms with E-state index in [1.165, 1.54) is 0 Å². The number of esters is 1. The second kappa shape index (κ2) is 8.10. The first-order valence-corrected chi connectivity index (χ1v) is 7.34. The van der Waals surface area contributed by atoms with Crippen LogP contribution < -0.4 is 0 Å². The molecular weight excluding hydrogens is 279 g/mol. The van der Waals surface area contributed by atoms with Crippen LogP contribution >= 0.6 is 8.46 Å². The number of carbonyl (C=O) groups is 1. The van der Waals surface area contributed by atoms with Crippen molar-refractivity contribution in [2.45, 2.75) is 26.3 Å². The van der Waals surface area contributed by atoms with Crippen LogP contribution in [0.15, 0.2) is 24.3 Å². The van der Waals surface area contributed by atoms with Crippen LogP contribution in [0.25, 0.3) is 0 Å². The SMILES string of the molecule is CCOC(=O)c1ccc(C(OCC)(OCC)P=O)cc1. The number of hydrogen-bond donors (Lipinski definition) is 0. The molecule has 0 spiro atoms. The predicted molar refractivity (Wildman–Crippen MR) is 74.9 cm³/mol. The Labute approximate surface area is 120 Å². The third kappa shape index (κ3) is 3.85. The lowest BCUT2D eigenvalue weighted by Gasteiger charge is -2.26. The highest BCUT2D eigenvalue weighted by Gasteiger charge is 2.35. The minimum absolute atomic E-state index is 0.288. The standard InChI is InChI=1S/C14H19O5P/c1-4-17-13(15)11-7-9-12(10-8-11)14(20-16,18-5-2)19-6-3/h7-10H,4-6H2,1-3H3. The van der Waals surface area contributed by atoms with E-state index >= 15 is 0 Å². The summed E-state index contributed by atoms with van der Waals surface area (Å²) in [6, 6.07) is 6.52. The summed E-state index contributed by atoms with van der Waals surface area (Å²) < 4.78 is 27.4. The number of benzene rings is 1. The quantitative estimate of drug-likeness (QED) is 0.418. The monoisotopic (exact) mass is 298 g/mol. The maximum Gasteiger partial charge on any atom is 0.338 e. The van der Waals surface area contributed by atoms with Crippen LogP contribution in [0.4, 0.5) is 0 Å². The highest BCUT2D eigenvalue weighted by molar-refractivity contribution is 7.24. The Morgan fingerprint density at radius 3 is 2.00 bits per heavy atom. The van der Waals surface area contributed by atoms with E-state index in [2.05, 4.69) is 0 Å². The Kier molecular flexibility index (Phi) is 6.79. The van der Waals surface area contributed by atoms with Crippen LogP contribution in [-0.2, 0) is 24.3 Å². The van der Waals surface area contributed by atoms with Crippen molar-refractivity contribution < 1.29 is 23.6 Å². The molecule has 0 fully saturated rings. The van der Waals surface area contributed by atoms with Gasteiger partial charge < -0.3 is 14.2 Å². The fourth-order valence-corrected chi connectivity index (χ4v) is 2.35. The molecule has 0 saturated heterocycles. The molecule has 1 aromatic rings. The molecule has 0 saturated carbocycles. The molecule has 1 rings (SSSR count). The molecule has 0 aromatic heterocycles. The minimum Gasteiger partial charge on any atom is -0.462 e. The fraction of sp³-hybridized carbons (Fsp3) is 0.500. The highest BCUT2D eigenvalue weighted by Crippen LogP contribution is 2.38. The Balaban J connectivity index is 3.04. The van der Waals surface area contributed by atoms with Gasteiger partial charge >= 0.3 is 5.97 Å². The van der Waals surface area contributed by atoms with Crippen LogP contribution in [0.3, 0.4) is 0 Å². The summed E-state index contributed by atoms with van der Waals surface area (Å²) in [5.41, 5.74) is -0.303. The van der Waals surface area contributed by atoms with Crippen LogP contribution in [0.2, 0.25) is 0 Å². The molecule has 0 aliphatic rings. The summed E-state index contributed by atoms with van der Waals surface area (Å²) in [5, 5.41) is 0. The van der Waals surface area contributed by atoms with Crippen LogP contribution in [0, 0.1) is 0 Å².